The summed E-state index contributed by atoms with van der Waals surface area (Å²) in [4.78, 5) is 9.52. The molecule has 6 nitrogen and oxygen atoms in total. The predicted octanol–water partition coefficient (Wildman–Crippen LogP) is 1.72. The molecule has 1 unspecified atom stereocenters. The molecule has 0 saturated carbocycles. The van der Waals surface area contributed by atoms with E-state index in [0.717, 1.165) is 32.1 Å². The number of aromatic nitrogens is 2. The molecule has 0 aromatic carbocycles. The number of hydrogen-bond donors (Lipinski definition) is 1. The van der Waals surface area contributed by atoms with E-state index >= 15 is 0 Å². The van der Waals surface area contributed by atoms with Gasteiger partial charge in [-0.05, 0) is 32.9 Å². The monoisotopic (exact) mass is 320 g/mol. The highest BCUT2D eigenvalue weighted by molar-refractivity contribution is 5.80. The normalized spacial score (nSPS) is 19.4. The van der Waals surface area contributed by atoms with Crippen molar-refractivity contribution in [2.24, 2.45) is 17.5 Å². The van der Waals surface area contributed by atoms with E-state index in [4.69, 9.17) is 4.99 Å². The van der Waals surface area contributed by atoms with Crippen LogP contribution >= 0.6 is 0 Å². The van der Waals surface area contributed by atoms with E-state index in [-0.39, 0.29) is 6.04 Å². The van der Waals surface area contributed by atoms with Crippen LogP contribution in [0.3, 0.4) is 0 Å². The summed E-state index contributed by atoms with van der Waals surface area (Å²) in [7, 11) is 6.15. The number of aliphatic imine (C=N–C) groups is 1. The fourth-order valence-electron chi connectivity index (χ4n) is 3.07. The summed E-state index contributed by atoms with van der Waals surface area (Å²) in [5.74, 6) is 1.04. The van der Waals surface area contributed by atoms with Gasteiger partial charge in [-0.1, -0.05) is 13.8 Å². The molecule has 1 aliphatic heterocycles. The minimum atomic E-state index is 0.243. The van der Waals surface area contributed by atoms with Crippen LogP contribution in [0, 0.1) is 5.41 Å². The van der Waals surface area contributed by atoms with E-state index < -0.39 is 0 Å². The highest BCUT2D eigenvalue weighted by atomic mass is 15.3. The Hall–Kier alpha value is -1.56. The Balaban J connectivity index is 2.11. The van der Waals surface area contributed by atoms with Gasteiger partial charge in [0.1, 0.15) is 0 Å². The lowest BCUT2D eigenvalue weighted by Crippen LogP contribution is -2.41. The maximum atomic E-state index is 4.92. The molecule has 1 atom stereocenters. The van der Waals surface area contributed by atoms with Crippen molar-refractivity contribution in [2.45, 2.75) is 33.2 Å². The van der Waals surface area contributed by atoms with Crippen LogP contribution in [-0.4, -0.2) is 65.8 Å². The van der Waals surface area contributed by atoms with Crippen LogP contribution in [0.15, 0.2) is 17.4 Å². The quantitative estimate of drug-likeness (QED) is 0.663. The van der Waals surface area contributed by atoms with Gasteiger partial charge in [-0.3, -0.25) is 9.67 Å². The van der Waals surface area contributed by atoms with Gasteiger partial charge >= 0.3 is 0 Å². The molecule has 23 heavy (non-hydrogen) atoms. The Labute approximate surface area is 140 Å². The van der Waals surface area contributed by atoms with Crippen molar-refractivity contribution in [3.8, 4) is 0 Å². The number of hydrogen-bond acceptors (Lipinski definition) is 3. The first kappa shape index (κ1) is 17.8. The highest BCUT2D eigenvalue weighted by Crippen LogP contribution is 2.28. The maximum absolute atomic E-state index is 4.92. The van der Waals surface area contributed by atoms with Gasteiger partial charge in [-0.2, -0.15) is 5.10 Å². The molecule has 1 aromatic rings. The maximum Gasteiger partial charge on any atom is 0.194 e. The van der Waals surface area contributed by atoms with Gasteiger partial charge in [-0.25, -0.2) is 0 Å². The molecule has 2 heterocycles. The van der Waals surface area contributed by atoms with E-state index in [1.165, 1.54) is 12.0 Å². The Morgan fingerprint density at radius 1 is 1.48 bits per heavy atom. The molecule has 1 N–H and O–H groups in total. The zero-order valence-electron chi connectivity index (χ0n) is 15.5. The first-order valence-electron chi connectivity index (χ1n) is 8.50. The molecular weight excluding hydrogens is 288 g/mol. The number of guanidine groups is 1. The molecule has 0 aliphatic carbocycles. The van der Waals surface area contributed by atoms with E-state index in [1.807, 2.05) is 17.9 Å². The number of aryl methyl sites for hydroxylation is 1. The summed E-state index contributed by atoms with van der Waals surface area (Å²) >= 11 is 0. The van der Waals surface area contributed by atoms with Gasteiger partial charge in [0.2, 0.25) is 0 Å². The molecule has 0 spiro atoms. The van der Waals surface area contributed by atoms with Crippen LogP contribution in [0.4, 0.5) is 0 Å². The summed E-state index contributed by atoms with van der Waals surface area (Å²) in [6, 6.07) is 0.243. The Bertz CT molecular complexity index is 531. The van der Waals surface area contributed by atoms with Crippen LogP contribution < -0.4 is 5.32 Å². The second-order valence-electron chi connectivity index (χ2n) is 7.46. The van der Waals surface area contributed by atoms with E-state index in [9.17, 15) is 0 Å². The number of likely N-dealkylation sites (tertiary alicyclic amines) is 1. The van der Waals surface area contributed by atoms with Crippen LogP contribution in [0.5, 0.6) is 0 Å². The summed E-state index contributed by atoms with van der Waals surface area (Å²) < 4.78 is 1.85. The van der Waals surface area contributed by atoms with Crippen LogP contribution in [0.1, 0.15) is 38.8 Å². The third-order valence-electron chi connectivity index (χ3n) is 4.46. The van der Waals surface area contributed by atoms with Crippen molar-refractivity contribution in [1.82, 2.24) is 24.9 Å². The summed E-state index contributed by atoms with van der Waals surface area (Å²) in [6.07, 6.45) is 5.23. The zero-order valence-corrected chi connectivity index (χ0v) is 15.5. The van der Waals surface area contributed by atoms with Gasteiger partial charge in [0.05, 0.1) is 18.8 Å². The second-order valence-corrected chi connectivity index (χ2v) is 7.46. The molecule has 1 saturated heterocycles. The summed E-state index contributed by atoms with van der Waals surface area (Å²) in [5.41, 5.74) is 1.58. The molecule has 130 valence electrons. The lowest BCUT2D eigenvalue weighted by atomic mass is 9.93. The van der Waals surface area contributed by atoms with Crippen molar-refractivity contribution >= 4 is 5.96 Å². The van der Waals surface area contributed by atoms with Crippen LogP contribution in [0.25, 0.3) is 0 Å². The number of nitrogens with zero attached hydrogens (tertiary/aromatic N) is 5. The fourth-order valence-corrected chi connectivity index (χ4v) is 3.07. The van der Waals surface area contributed by atoms with Crippen molar-refractivity contribution in [3.63, 3.8) is 0 Å². The molecule has 0 amide bonds. The third-order valence-corrected chi connectivity index (χ3v) is 4.46. The lowest BCUT2D eigenvalue weighted by molar-refractivity contribution is 0.304. The SMILES string of the molecule is CCNC(=NCC(c1cnn(C)c1)N(C)C)N1CCC(C)(C)C1. The Kier molecular flexibility index (Phi) is 5.68. The van der Waals surface area contributed by atoms with Crippen molar-refractivity contribution in [3.05, 3.63) is 18.0 Å². The minimum absolute atomic E-state index is 0.243. The Morgan fingerprint density at radius 3 is 2.70 bits per heavy atom. The lowest BCUT2D eigenvalue weighted by Gasteiger charge is -2.26. The topological polar surface area (TPSA) is 48.7 Å². The highest BCUT2D eigenvalue weighted by Gasteiger charge is 2.31. The molecule has 1 aromatic heterocycles. The Morgan fingerprint density at radius 2 is 2.22 bits per heavy atom. The van der Waals surface area contributed by atoms with Crippen molar-refractivity contribution in [1.29, 1.82) is 0 Å². The zero-order chi connectivity index (χ0) is 17.0. The molecule has 0 radical (unpaired) electrons. The van der Waals surface area contributed by atoms with E-state index in [0.29, 0.717) is 5.41 Å². The van der Waals surface area contributed by atoms with Gasteiger partial charge in [0.25, 0.3) is 0 Å². The summed E-state index contributed by atoms with van der Waals surface area (Å²) in [5, 5.41) is 7.75. The second kappa shape index (κ2) is 7.34. The number of nitrogens with one attached hydrogen (secondary N) is 1. The molecule has 1 aliphatic rings. The van der Waals surface area contributed by atoms with Crippen LogP contribution in [-0.2, 0) is 7.05 Å². The van der Waals surface area contributed by atoms with Gasteiger partial charge in [0.15, 0.2) is 5.96 Å². The third kappa shape index (κ3) is 4.70. The molecule has 2 rings (SSSR count). The first-order chi connectivity index (χ1) is 10.8. The number of rotatable bonds is 5. The minimum Gasteiger partial charge on any atom is -0.357 e. The fraction of sp³-hybridized carbons (Fsp3) is 0.765. The van der Waals surface area contributed by atoms with Gasteiger partial charge < -0.3 is 15.1 Å². The molecule has 1 fully saturated rings. The summed E-state index contributed by atoms with van der Waals surface area (Å²) in [6.45, 7) is 10.6. The predicted molar refractivity (Wildman–Crippen MR) is 95.6 cm³/mol. The largest absolute Gasteiger partial charge is 0.357 e. The average molecular weight is 320 g/mol. The smallest absolute Gasteiger partial charge is 0.194 e. The van der Waals surface area contributed by atoms with Gasteiger partial charge in [-0.15, -0.1) is 0 Å². The average Bonchev–Trinajstić information content (AvgIpc) is 3.03. The van der Waals surface area contributed by atoms with Gasteiger partial charge in [0, 0.05) is 38.4 Å². The van der Waals surface area contributed by atoms with E-state index in [1.54, 1.807) is 0 Å². The standard InChI is InChI=1S/C17H32N6/c1-7-18-16(23-9-8-17(2,3)13-23)19-11-15(21(4)5)14-10-20-22(6)12-14/h10,12,15H,7-9,11,13H2,1-6H3,(H,18,19). The molecular formula is C17H32N6. The number of likely N-dealkylation sites (N-methyl/N-ethyl adjacent to an activating group) is 1. The first-order valence-corrected chi connectivity index (χ1v) is 8.50. The molecule has 6 heteroatoms. The van der Waals surface area contributed by atoms with Crippen LogP contribution in [0.2, 0.25) is 0 Å². The van der Waals surface area contributed by atoms with E-state index in [2.05, 4.69) is 61.3 Å². The molecule has 0 bridgehead atoms. The van der Waals surface area contributed by atoms with Crippen molar-refractivity contribution in [2.75, 3.05) is 40.3 Å². The van der Waals surface area contributed by atoms with Crippen molar-refractivity contribution < 1.29 is 0 Å².